The molecule has 1 aromatic carbocycles. The summed E-state index contributed by atoms with van der Waals surface area (Å²) in [4.78, 5) is 4.34. The SMILES string of the molecule is CCC(O)Cc1nc(C(C)(C)c2ccc(F)cc2)no1. The van der Waals surface area contributed by atoms with Gasteiger partial charge in [-0.15, -0.1) is 0 Å². The number of benzene rings is 1. The third-order valence-corrected chi connectivity index (χ3v) is 3.47. The van der Waals surface area contributed by atoms with Crippen LogP contribution in [0.5, 0.6) is 0 Å². The zero-order chi connectivity index (χ0) is 14.8. The average molecular weight is 278 g/mol. The number of aromatic nitrogens is 2. The summed E-state index contributed by atoms with van der Waals surface area (Å²) in [5.41, 5.74) is 0.425. The van der Waals surface area contributed by atoms with Crippen LogP contribution in [-0.2, 0) is 11.8 Å². The van der Waals surface area contributed by atoms with Crippen LogP contribution in [0.25, 0.3) is 0 Å². The third-order valence-electron chi connectivity index (χ3n) is 3.47. The maximum absolute atomic E-state index is 13.0. The highest BCUT2D eigenvalue weighted by molar-refractivity contribution is 5.30. The van der Waals surface area contributed by atoms with Gasteiger partial charge in [-0.05, 0) is 38.0 Å². The summed E-state index contributed by atoms with van der Waals surface area (Å²) in [5, 5.41) is 13.6. The van der Waals surface area contributed by atoms with Crippen LogP contribution in [-0.4, -0.2) is 21.4 Å². The molecular formula is C15H19FN2O2. The highest BCUT2D eigenvalue weighted by atomic mass is 19.1. The predicted molar refractivity (Wildman–Crippen MR) is 72.8 cm³/mol. The summed E-state index contributed by atoms with van der Waals surface area (Å²) in [5.74, 6) is 0.677. The smallest absolute Gasteiger partial charge is 0.229 e. The lowest BCUT2D eigenvalue weighted by Gasteiger charge is -2.20. The highest BCUT2D eigenvalue weighted by Gasteiger charge is 2.29. The molecule has 1 heterocycles. The lowest BCUT2D eigenvalue weighted by atomic mass is 9.84. The lowest BCUT2D eigenvalue weighted by molar-refractivity contribution is 0.158. The monoisotopic (exact) mass is 278 g/mol. The third kappa shape index (κ3) is 3.04. The van der Waals surface area contributed by atoms with E-state index in [1.807, 2.05) is 20.8 Å². The summed E-state index contributed by atoms with van der Waals surface area (Å²) in [6, 6.07) is 6.26. The van der Waals surface area contributed by atoms with Crippen molar-refractivity contribution in [1.82, 2.24) is 10.1 Å². The van der Waals surface area contributed by atoms with Crippen molar-refractivity contribution < 1.29 is 14.0 Å². The molecule has 0 amide bonds. The molecule has 0 fully saturated rings. The first-order valence-electron chi connectivity index (χ1n) is 6.70. The Bertz CT molecular complexity index is 564. The summed E-state index contributed by atoms with van der Waals surface area (Å²) >= 11 is 0. The van der Waals surface area contributed by atoms with Gasteiger partial charge in [-0.25, -0.2) is 4.39 Å². The molecule has 0 bridgehead atoms. The fraction of sp³-hybridized carbons (Fsp3) is 0.467. The van der Waals surface area contributed by atoms with Crippen LogP contribution in [0.2, 0.25) is 0 Å². The van der Waals surface area contributed by atoms with E-state index in [0.717, 1.165) is 5.56 Å². The number of hydrogen-bond donors (Lipinski definition) is 1. The summed E-state index contributed by atoms with van der Waals surface area (Å²) in [6.45, 7) is 5.79. The average Bonchev–Trinajstić information content (AvgIpc) is 2.88. The molecule has 0 saturated heterocycles. The molecule has 4 nitrogen and oxygen atoms in total. The quantitative estimate of drug-likeness (QED) is 0.913. The second kappa shape index (κ2) is 5.71. The Hall–Kier alpha value is -1.75. The molecular weight excluding hydrogens is 259 g/mol. The summed E-state index contributed by atoms with van der Waals surface area (Å²) in [7, 11) is 0. The van der Waals surface area contributed by atoms with Crippen LogP contribution in [0.1, 0.15) is 44.5 Å². The van der Waals surface area contributed by atoms with Crippen molar-refractivity contribution in [2.75, 3.05) is 0 Å². The van der Waals surface area contributed by atoms with Gasteiger partial charge < -0.3 is 9.63 Å². The van der Waals surface area contributed by atoms with Gasteiger partial charge in [0.05, 0.1) is 17.9 Å². The van der Waals surface area contributed by atoms with E-state index in [4.69, 9.17) is 4.52 Å². The minimum Gasteiger partial charge on any atom is -0.393 e. The maximum atomic E-state index is 13.0. The molecule has 1 N–H and O–H groups in total. The van der Waals surface area contributed by atoms with Crippen LogP contribution in [0, 0.1) is 5.82 Å². The molecule has 1 atom stereocenters. The highest BCUT2D eigenvalue weighted by Crippen LogP contribution is 2.29. The minimum atomic E-state index is -0.480. The van der Waals surface area contributed by atoms with Crippen molar-refractivity contribution in [2.24, 2.45) is 0 Å². The molecule has 0 saturated carbocycles. The predicted octanol–water partition coefficient (Wildman–Crippen LogP) is 2.85. The van der Waals surface area contributed by atoms with Gasteiger partial charge >= 0.3 is 0 Å². The topological polar surface area (TPSA) is 59.2 Å². The van der Waals surface area contributed by atoms with Crippen molar-refractivity contribution >= 4 is 0 Å². The first kappa shape index (κ1) is 14.7. The molecule has 1 aromatic heterocycles. The van der Waals surface area contributed by atoms with Crippen LogP contribution in [0.4, 0.5) is 4.39 Å². The molecule has 0 aliphatic carbocycles. The first-order chi connectivity index (χ1) is 9.43. The fourth-order valence-corrected chi connectivity index (χ4v) is 1.93. The van der Waals surface area contributed by atoms with Crippen LogP contribution in [0.3, 0.4) is 0 Å². The molecule has 0 aliphatic rings. The second-order valence-electron chi connectivity index (χ2n) is 5.41. The standard InChI is InChI=1S/C15H19FN2O2/c1-4-12(19)9-13-17-14(18-20-13)15(2,3)10-5-7-11(16)8-6-10/h5-8,12,19H,4,9H2,1-3H3. The number of aliphatic hydroxyl groups is 1. The van der Waals surface area contributed by atoms with E-state index in [9.17, 15) is 9.50 Å². The Balaban J connectivity index is 2.23. The number of rotatable bonds is 5. The Morgan fingerprint density at radius 2 is 1.95 bits per heavy atom. The molecule has 0 aliphatic heterocycles. The molecule has 2 rings (SSSR count). The van der Waals surface area contributed by atoms with E-state index >= 15 is 0 Å². The normalized spacial score (nSPS) is 13.4. The Kier molecular flexibility index (Phi) is 4.18. The molecule has 1 unspecified atom stereocenters. The zero-order valence-electron chi connectivity index (χ0n) is 11.9. The van der Waals surface area contributed by atoms with Gasteiger partial charge in [0.15, 0.2) is 5.82 Å². The number of nitrogens with zero attached hydrogens (tertiary/aromatic N) is 2. The van der Waals surface area contributed by atoms with E-state index in [1.165, 1.54) is 12.1 Å². The van der Waals surface area contributed by atoms with Gasteiger partial charge in [-0.1, -0.05) is 24.2 Å². The first-order valence-corrected chi connectivity index (χ1v) is 6.70. The van der Waals surface area contributed by atoms with Gasteiger partial charge in [-0.3, -0.25) is 0 Å². The maximum Gasteiger partial charge on any atom is 0.229 e. The number of hydrogen-bond acceptors (Lipinski definition) is 4. The zero-order valence-corrected chi connectivity index (χ0v) is 11.9. The van der Waals surface area contributed by atoms with Crippen LogP contribution >= 0.6 is 0 Å². The van der Waals surface area contributed by atoms with Gasteiger partial charge in [0.1, 0.15) is 5.82 Å². The van der Waals surface area contributed by atoms with Gasteiger partial charge in [-0.2, -0.15) is 4.98 Å². The Labute approximate surface area is 117 Å². The summed E-state index contributed by atoms with van der Waals surface area (Å²) < 4.78 is 18.2. The molecule has 0 spiro atoms. The fourth-order valence-electron chi connectivity index (χ4n) is 1.93. The van der Waals surface area contributed by atoms with E-state index in [2.05, 4.69) is 10.1 Å². The molecule has 0 radical (unpaired) electrons. The Morgan fingerprint density at radius 1 is 1.30 bits per heavy atom. The lowest BCUT2D eigenvalue weighted by Crippen LogP contribution is -2.21. The minimum absolute atomic E-state index is 0.274. The number of aliphatic hydroxyl groups excluding tert-OH is 1. The molecule has 5 heteroatoms. The van der Waals surface area contributed by atoms with Crippen LogP contribution in [0.15, 0.2) is 28.8 Å². The molecule has 2 aromatic rings. The van der Waals surface area contributed by atoms with Crippen molar-refractivity contribution in [2.45, 2.75) is 45.1 Å². The van der Waals surface area contributed by atoms with Crippen molar-refractivity contribution in [3.63, 3.8) is 0 Å². The van der Waals surface area contributed by atoms with E-state index < -0.39 is 11.5 Å². The van der Waals surface area contributed by atoms with E-state index in [-0.39, 0.29) is 5.82 Å². The van der Waals surface area contributed by atoms with Gasteiger partial charge in [0.2, 0.25) is 5.89 Å². The molecule has 108 valence electrons. The van der Waals surface area contributed by atoms with Crippen molar-refractivity contribution in [1.29, 1.82) is 0 Å². The second-order valence-corrected chi connectivity index (χ2v) is 5.41. The van der Waals surface area contributed by atoms with E-state index in [0.29, 0.717) is 24.6 Å². The largest absolute Gasteiger partial charge is 0.393 e. The Morgan fingerprint density at radius 3 is 2.55 bits per heavy atom. The van der Waals surface area contributed by atoms with Crippen LogP contribution < -0.4 is 0 Å². The molecule has 20 heavy (non-hydrogen) atoms. The van der Waals surface area contributed by atoms with Gasteiger partial charge in [0, 0.05) is 0 Å². The number of halogens is 1. The van der Waals surface area contributed by atoms with Gasteiger partial charge in [0.25, 0.3) is 0 Å². The van der Waals surface area contributed by atoms with E-state index in [1.54, 1.807) is 12.1 Å². The van der Waals surface area contributed by atoms with Crippen molar-refractivity contribution in [3.05, 3.63) is 47.4 Å². The van der Waals surface area contributed by atoms with Crippen molar-refractivity contribution in [3.8, 4) is 0 Å². The summed E-state index contributed by atoms with van der Waals surface area (Å²) in [6.07, 6.45) is 0.513.